The van der Waals surface area contributed by atoms with Crippen molar-refractivity contribution in [1.82, 2.24) is 0 Å². The lowest BCUT2D eigenvalue weighted by molar-refractivity contribution is -0.465. The zero-order valence-electron chi connectivity index (χ0n) is 7.41. The fourth-order valence-electron chi connectivity index (χ4n) is 0.701. The summed E-state index contributed by atoms with van der Waals surface area (Å²) in [4.78, 5) is 9.28. The summed E-state index contributed by atoms with van der Waals surface area (Å²) in [6, 6.07) is 5.38. The van der Waals surface area contributed by atoms with E-state index in [0.29, 0.717) is 24.7 Å². The summed E-state index contributed by atoms with van der Waals surface area (Å²) in [5.41, 5.74) is 0. The Morgan fingerprint density at radius 2 is 1.93 bits per heavy atom. The second kappa shape index (κ2) is 6.59. The number of benzene rings is 1. The van der Waals surface area contributed by atoms with Crippen LogP contribution in [-0.2, 0) is 9.93 Å². The average molecular weight is 221 g/mol. The van der Waals surface area contributed by atoms with E-state index in [4.69, 9.17) is 11.6 Å². The van der Waals surface area contributed by atoms with Gasteiger partial charge in [0.05, 0.1) is 6.61 Å². The zero-order chi connectivity index (χ0) is 10.2. The minimum atomic E-state index is -0.333. The van der Waals surface area contributed by atoms with Crippen molar-refractivity contribution < 1.29 is 19.2 Å². The normalized spacial score (nSPS) is 10.1. The molecule has 3 nitrogen and oxygen atoms in total. The zero-order valence-corrected chi connectivity index (χ0v) is 8.17. The van der Waals surface area contributed by atoms with Crippen molar-refractivity contribution in [1.29, 1.82) is 0 Å². The van der Waals surface area contributed by atoms with E-state index in [1.54, 1.807) is 0 Å². The van der Waals surface area contributed by atoms with E-state index in [1.807, 2.05) is 0 Å². The minimum Gasteiger partial charge on any atom is -0.308 e. The Balaban J connectivity index is 2.15. The van der Waals surface area contributed by atoms with E-state index >= 15 is 0 Å². The molecule has 0 bridgehead atoms. The smallest absolute Gasteiger partial charge is 0.168 e. The topological polar surface area (TPSA) is 27.7 Å². The molecule has 0 amide bonds. The minimum absolute atomic E-state index is 0.333. The number of hydrogen-bond donors (Lipinski definition) is 0. The maximum Gasteiger partial charge on any atom is 0.168 e. The van der Waals surface area contributed by atoms with Crippen LogP contribution >= 0.6 is 11.6 Å². The molecule has 0 aliphatic heterocycles. The van der Waals surface area contributed by atoms with Crippen molar-refractivity contribution in [3.8, 4) is 5.75 Å². The third-order valence-corrected chi connectivity index (χ3v) is 1.62. The summed E-state index contributed by atoms with van der Waals surface area (Å²) in [7, 11) is 0. The van der Waals surface area contributed by atoms with E-state index in [9.17, 15) is 4.39 Å². The fraction of sp³-hybridized carbons (Fsp3) is 0.333. The molecular weight excluding hydrogens is 211 g/mol. The highest BCUT2D eigenvalue weighted by Crippen LogP contribution is 2.11. The SMILES string of the molecule is Fc1ccc(OOOCCCCl)cc1. The number of halogens is 2. The van der Waals surface area contributed by atoms with Gasteiger partial charge in [0, 0.05) is 5.88 Å². The highest BCUT2D eigenvalue weighted by Gasteiger charge is 1.95. The molecule has 0 spiro atoms. The van der Waals surface area contributed by atoms with Crippen molar-refractivity contribution in [2.45, 2.75) is 6.42 Å². The first-order valence-electron chi connectivity index (χ1n) is 4.10. The number of alkyl halides is 1. The highest BCUT2D eigenvalue weighted by molar-refractivity contribution is 6.17. The molecule has 0 atom stereocenters. The van der Waals surface area contributed by atoms with Gasteiger partial charge in [0.15, 0.2) is 5.75 Å². The van der Waals surface area contributed by atoms with Crippen LogP contribution in [0.5, 0.6) is 5.75 Å². The predicted molar refractivity (Wildman–Crippen MR) is 49.4 cm³/mol. The Labute approximate surface area is 86.2 Å². The van der Waals surface area contributed by atoms with Crippen LogP contribution in [0.3, 0.4) is 0 Å². The third kappa shape index (κ3) is 4.41. The molecule has 0 N–H and O–H groups in total. The molecule has 0 aliphatic carbocycles. The van der Waals surface area contributed by atoms with Gasteiger partial charge in [-0.15, -0.1) is 11.6 Å². The van der Waals surface area contributed by atoms with Gasteiger partial charge in [-0.1, -0.05) is 0 Å². The second-order valence-corrected chi connectivity index (χ2v) is 2.85. The van der Waals surface area contributed by atoms with Gasteiger partial charge in [0.1, 0.15) is 5.82 Å². The molecule has 0 heterocycles. The Morgan fingerprint density at radius 1 is 1.21 bits per heavy atom. The van der Waals surface area contributed by atoms with Crippen molar-refractivity contribution in [2.75, 3.05) is 12.5 Å². The summed E-state index contributed by atoms with van der Waals surface area (Å²) in [5, 5.41) is 4.38. The molecule has 0 aromatic heterocycles. The van der Waals surface area contributed by atoms with Crippen LogP contribution in [0, 0.1) is 5.82 Å². The first-order chi connectivity index (χ1) is 6.83. The first-order valence-corrected chi connectivity index (χ1v) is 4.64. The monoisotopic (exact) mass is 220 g/mol. The summed E-state index contributed by atoms with van der Waals surface area (Å²) in [6.45, 7) is 0.352. The number of rotatable bonds is 6. The molecule has 1 aromatic carbocycles. The van der Waals surface area contributed by atoms with Crippen LogP contribution in [0.25, 0.3) is 0 Å². The second-order valence-electron chi connectivity index (χ2n) is 2.47. The summed E-state index contributed by atoms with van der Waals surface area (Å²) < 4.78 is 12.4. The quantitative estimate of drug-likeness (QED) is 0.319. The van der Waals surface area contributed by atoms with Gasteiger partial charge in [-0.3, -0.25) is 0 Å². The van der Waals surface area contributed by atoms with E-state index in [0.717, 1.165) is 0 Å². The maximum absolute atomic E-state index is 12.4. The van der Waals surface area contributed by atoms with Crippen LogP contribution in [0.4, 0.5) is 4.39 Å². The molecule has 0 saturated heterocycles. The van der Waals surface area contributed by atoms with Crippen LogP contribution in [-0.4, -0.2) is 12.5 Å². The van der Waals surface area contributed by atoms with Crippen LogP contribution in [0.2, 0.25) is 0 Å². The van der Waals surface area contributed by atoms with Crippen molar-refractivity contribution >= 4 is 11.6 Å². The summed E-state index contributed by atoms with van der Waals surface area (Å²) in [6.07, 6.45) is 0.675. The third-order valence-electron chi connectivity index (χ3n) is 1.35. The predicted octanol–water partition coefficient (Wildman–Crippen LogP) is 2.70. The fourth-order valence-corrected chi connectivity index (χ4v) is 0.810. The van der Waals surface area contributed by atoms with Crippen molar-refractivity contribution in [2.24, 2.45) is 0 Å². The molecule has 0 unspecified atom stereocenters. The molecule has 1 aromatic rings. The molecule has 5 heteroatoms. The van der Waals surface area contributed by atoms with Crippen LogP contribution in [0.15, 0.2) is 24.3 Å². The molecule has 0 aliphatic rings. The van der Waals surface area contributed by atoms with Gasteiger partial charge in [-0.25, -0.2) is 4.39 Å². The van der Waals surface area contributed by atoms with Crippen LogP contribution < -0.4 is 4.89 Å². The lowest BCUT2D eigenvalue weighted by Gasteiger charge is -2.02. The van der Waals surface area contributed by atoms with Crippen molar-refractivity contribution in [3.63, 3.8) is 0 Å². The lowest BCUT2D eigenvalue weighted by Crippen LogP contribution is -2.01. The van der Waals surface area contributed by atoms with Crippen molar-refractivity contribution in [3.05, 3.63) is 30.1 Å². The molecular formula is C9H10ClFO3. The summed E-state index contributed by atoms with van der Waals surface area (Å²) in [5.74, 6) is 0.539. The lowest BCUT2D eigenvalue weighted by atomic mass is 10.3. The van der Waals surface area contributed by atoms with Gasteiger partial charge in [0.25, 0.3) is 0 Å². The standard InChI is InChI=1S/C9H10ClFO3/c10-6-1-7-12-14-13-9-4-2-8(11)3-5-9/h2-5H,1,6-7H2. The van der Waals surface area contributed by atoms with Crippen LogP contribution in [0.1, 0.15) is 6.42 Å². The van der Waals surface area contributed by atoms with Gasteiger partial charge in [-0.2, -0.15) is 4.89 Å². The summed E-state index contributed by atoms with van der Waals surface area (Å²) >= 11 is 5.40. The molecule has 14 heavy (non-hydrogen) atoms. The van der Waals surface area contributed by atoms with E-state index in [1.165, 1.54) is 24.3 Å². The van der Waals surface area contributed by atoms with Gasteiger partial charge < -0.3 is 4.89 Å². The number of hydrogen-bond acceptors (Lipinski definition) is 3. The largest absolute Gasteiger partial charge is 0.308 e. The average Bonchev–Trinajstić information content (AvgIpc) is 2.21. The highest BCUT2D eigenvalue weighted by atomic mass is 35.5. The van der Waals surface area contributed by atoms with Gasteiger partial charge in [0.2, 0.25) is 0 Å². The van der Waals surface area contributed by atoms with E-state index in [-0.39, 0.29) is 5.82 Å². The molecule has 78 valence electrons. The molecule has 0 radical (unpaired) electrons. The molecule has 0 fully saturated rings. The van der Waals surface area contributed by atoms with E-state index in [2.05, 4.69) is 14.8 Å². The first kappa shape index (κ1) is 11.2. The Kier molecular flexibility index (Phi) is 5.29. The molecule has 0 saturated carbocycles. The van der Waals surface area contributed by atoms with E-state index < -0.39 is 0 Å². The Hall–Kier alpha value is -0.840. The Morgan fingerprint density at radius 3 is 2.57 bits per heavy atom. The molecule has 1 rings (SSSR count). The van der Waals surface area contributed by atoms with Gasteiger partial charge >= 0.3 is 0 Å². The van der Waals surface area contributed by atoms with Gasteiger partial charge in [-0.05, 0) is 35.7 Å². The Bertz CT molecular complexity index is 253. The maximum atomic E-state index is 12.4.